The summed E-state index contributed by atoms with van der Waals surface area (Å²) in [5.74, 6) is 0.778. The van der Waals surface area contributed by atoms with Crippen molar-refractivity contribution in [3.63, 3.8) is 0 Å². The molecule has 1 aliphatic rings. The van der Waals surface area contributed by atoms with Gasteiger partial charge in [-0.3, -0.25) is 4.79 Å². The summed E-state index contributed by atoms with van der Waals surface area (Å²) in [5.41, 5.74) is 0. The van der Waals surface area contributed by atoms with Gasteiger partial charge in [0.25, 0.3) is 0 Å². The van der Waals surface area contributed by atoms with Gasteiger partial charge in [-0.15, -0.1) is 11.3 Å². The molecule has 1 aliphatic heterocycles. The van der Waals surface area contributed by atoms with Crippen molar-refractivity contribution in [2.75, 3.05) is 13.1 Å². The van der Waals surface area contributed by atoms with Crippen LogP contribution in [0.2, 0.25) is 0 Å². The Morgan fingerprint density at radius 3 is 2.95 bits per heavy atom. The van der Waals surface area contributed by atoms with Crippen LogP contribution < -0.4 is 5.32 Å². The molecule has 0 aromatic carbocycles. The molecule has 1 amide bonds. The van der Waals surface area contributed by atoms with Crippen LogP contribution in [0.15, 0.2) is 15.9 Å². The number of carbonyl (C=O) groups is 1. The Balaban J connectivity index is 1.87. The van der Waals surface area contributed by atoms with Crippen LogP contribution in [0.4, 0.5) is 0 Å². The van der Waals surface area contributed by atoms with E-state index in [4.69, 9.17) is 0 Å². The number of likely N-dealkylation sites (tertiary alicyclic amines) is 1. The molecule has 5 heteroatoms. The lowest BCUT2D eigenvalue weighted by molar-refractivity contribution is -0.131. The van der Waals surface area contributed by atoms with Crippen LogP contribution in [0.1, 0.15) is 31.6 Å². The summed E-state index contributed by atoms with van der Waals surface area (Å²) in [6, 6.07) is 4.78. The number of nitrogens with one attached hydrogen (secondary N) is 1. The Morgan fingerprint density at radius 2 is 2.37 bits per heavy atom. The summed E-state index contributed by atoms with van der Waals surface area (Å²) in [6.07, 6.45) is 2.18. The molecule has 1 aromatic rings. The van der Waals surface area contributed by atoms with Gasteiger partial charge < -0.3 is 10.2 Å². The van der Waals surface area contributed by atoms with E-state index < -0.39 is 0 Å². The molecule has 106 valence electrons. The van der Waals surface area contributed by atoms with Crippen molar-refractivity contribution in [3.8, 4) is 0 Å². The third kappa shape index (κ3) is 4.04. The second kappa shape index (κ2) is 6.86. The maximum Gasteiger partial charge on any atom is 0.219 e. The van der Waals surface area contributed by atoms with Gasteiger partial charge in [0, 0.05) is 37.5 Å². The molecule has 0 spiro atoms. The number of carbonyl (C=O) groups excluding carboxylic acids is 1. The Kier molecular flexibility index (Phi) is 5.42. The van der Waals surface area contributed by atoms with Gasteiger partial charge in [0.1, 0.15) is 0 Å². The van der Waals surface area contributed by atoms with Crippen LogP contribution in [-0.2, 0) is 11.3 Å². The molecule has 3 nitrogen and oxygen atoms in total. The van der Waals surface area contributed by atoms with Gasteiger partial charge in [0.15, 0.2) is 0 Å². The normalized spacial score (nSPS) is 23.6. The Hall–Kier alpha value is -0.390. The van der Waals surface area contributed by atoms with Gasteiger partial charge >= 0.3 is 0 Å². The maximum absolute atomic E-state index is 11.5. The molecule has 0 radical (unpaired) electrons. The van der Waals surface area contributed by atoms with Crippen molar-refractivity contribution in [1.29, 1.82) is 0 Å². The highest BCUT2D eigenvalue weighted by atomic mass is 79.9. The molecule has 0 bridgehead atoms. The number of rotatable bonds is 4. The summed E-state index contributed by atoms with van der Waals surface area (Å²) < 4.78 is 1.18. The summed E-state index contributed by atoms with van der Waals surface area (Å²) in [7, 11) is 0. The van der Waals surface area contributed by atoms with Crippen molar-refractivity contribution < 1.29 is 4.79 Å². The molecule has 2 heterocycles. The molecule has 2 rings (SSSR count). The van der Waals surface area contributed by atoms with Gasteiger partial charge in [0.05, 0.1) is 3.79 Å². The highest BCUT2D eigenvalue weighted by Crippen LogP contribution is 2.24. The zero-order valence-electron chi connectivity index (χ0n) is 11.5. The molecular weight excluding hydrogens is 324 g/mol. The predicted molar refractivity (Wildman–Crippen MR) is 83.3 cm³/mol. The summed E-state index contributed by atoms with van der Waals surface area (Å²) in [5, 5.41) is 3.66. The van der Waals surface area contributed by atoms with Crippen LogP contribution in [0.25, 0.3) is 0 Å². The topological polar surface area (TPSA) is 32.3 Å². The predicted octanol–water partition coefficient (Wildman–Crippen LogP) is 3.25. The number of amides is 1. The summed E-state index contributed by atoms with van der Waals surface area (Å²) in [6.45, 7) is 6.60. The van der Waals surface area contributed by atoms with Gasteiger partial charge in [-0.1, -0.05) is 13.3 Å². The third-order valence-corrected chi connectivity index (χ3v) is 5.49. The molecular formula is C14H21BrN2OS. The average molecular weight is 345 g/mol. The first kappa shape index (κ1) is 15.0. The number of hydrogen-bond donors (Lipinski definition) is 1. The summed E-state index contributed by atoms with van der Waals surface area (Å²) >= 11 is 5.27. The Bertz CT molecular complexity index is 435. The third-order valence-electron chi connectivity index (χ3n) is 3.87. The molecule has 2 atom stereocenters. The zero-order chi connectivity index (χ0) is 13.8. The van der Waals surface area contributed by atoms with E-state index in [-0.39, 0.29) is 5.91 Å². The molecule has 1 N–H and O–H groups in total. The van der Waals surface area contributed by atoms with Crippen molar-refractivity contribution in [3.05, 3.63) is 20.8 Å². The van der Waals surface area contributed by atoms with Gasteiger partial charge in [-0.25, -0.2) is 0 Å². The first-order valence-electron chi connectivity index (χ1n) is 6.83. The molecule has 0 unspecified atom stereocenters. The maximum atomic E-state index is 11.5. The minimum absolute atomic E-state index is 0.207. The minimum atomic E-state index is 0.207. The molecule has 19 heavy (non-hydrogen) atoms. The standard InChI is InChI=1S/C14H21BrN2OS/c1-3-11-9-17(10(2)18)7-6-13(11)16-8-12-4-5-14(15)19-12/h4-5,11,13,16H,3,6-9H2,1-2H3/t11-,13-/m1/s1. The van der Waals surface area contributed by atoms with E-state index in [1.54, 1.807) is 18.3 Å². The van der Waals surface area contributed by atoms with Crippen LogP contribution >= 0.6 is 27.3 Å². The lowest BCUT2D eigenvalue weighted by atomic mass is 9.90. The lowest BCUT2D eigenvalue weighted by Crippen LogP contribution is -2.50. The fraction of sp³-hybridized carbons (Fsp3) is 0.643. The fourth-order valence-electron chi connectivity index (χ4n) is 2.68. The number of nitrogens with zero attached hydrogens (tertiary/aromatic N) is 1. The fourth-order valence-corrected chi connectivity index (χ4v) is 4.11. The van der Waals surface area contributed by atoms with E-state index in [0.29, 0.717) is 12.0 Å². The van der Waals surface area contributed by atoms with Crippen LogP contribution in [0, 0.1) is 5.92 Å². The van der Waals surface area contributed by atoms with Gasteiger partial charge in [0.2, 0.25) is 5.91 Å². The van der Waals surface area contributed by atoms with Crippen molar-refractivity contribution in [2.45, 2.75) is 39.3 Å². The number of hydrogen-bond acceptors (Lipinski definition) is 3. The summed E-state index contributed by atoms with van der Waals surface area (Å²) in [4.78, 5) is 14.8. The highest BCUT2D eigenvalue weighted by Gasteiger charge is 2.28. The Labute approximate surface area is 127 Å². The van der Waals surface area contributed by atoms with Gasteiger partial charge in [-0.2, -0.15) is 0 Å². The van der Waals surface area contributed by atoms with Crippen LogP contribution in [-0.4, -0.2) is 29.9 Å². The van der Waals surface area contributed by atoms with Gasteiger partial charge in [-0.05, 0) is 40.4 Å². The van der Waals surface area contributed by atoms with E-state index in [1.807, 2.05) is 4.90 Å². The highest BCUT2D eigenvalue weighted by molar-refractivity contribution is 9.11. The van der Waals surface area contributed by atoms with Crippen LogP contribution in [0.5, 0.6) is 0 Å². The molecule has 0 aliphatic carbocycles. The second-order valence-electron chi connectivity index (χ2n) is 5.12. The van der Waals surface area contributed by atoms with E-state index in [1.165, 1.54) is 8.66 Å². The SMILES string of the molecule is CC[C@@H]1CN(C(C)=O)CC[C@H]1NCc1ccc(Br)s1. The zero-order valence-corrected chi connectivity index (χ0v) is 13.9. The molecule has 1 aromatic heterocycles. The first-order chi connectivity index (χ1) is 9.10. The molecule has 0 saturated carbocycles. The van der Waals surface area contributed by atoms with Crippen molar-refractivity contribution >= 4 is 33.2 Å². The molecule has 1 saturated heterocycles. The Morgan fingerprint density at radius 1 is 1.58 bits per heavy atom. The van der Waals surface area contributed by atoms with Crippen molar-refractivity contribution in [1.82, 2.24) is 10.2 Å². The number of piperidine rings is 1. The smallest absolute Gasteiger partial charge is 0.219 e. The van der Waals surface area contributed by atoms with Crippen molar-refractivity contribution in [2.24, 2.45) is 5.92 Å². The largest absolute Gasteiger partial charge is 0.343 e. The van der Waals surface area contributed by atoms with E-state index in [2.05, 4.69) is 40.3 Å². The molecule has 1 fully saturated rings. The minimum Gasteiger partial charge on any atom is -0.343 e. The first-order valence-corrected chi connectivity index (χ1v) is 8.44. The second-order valence-corrected chi connectivity index (χ2v) is 7.66. The van der Waals surface area contributed by atoms with Crippen LogP contribution in [0.3, 0.4) is 0 Å². The lowest BCUT2D eigenvalue weighted by Gasteiger charge is -2.38. The quantitative estimate of drug-likeness (QED) is 0.909. The number of halogens is 1. The van der Waals surface area contributed by atoms with E-state index >= 15 is 0 Å². The van der Waals surface area contributed by atoms with E-state index in [0.717, 1.165) is 32.5 Å². The average Bonchev–Trinajstić information content (AvgIpc) is 2.81. The number of thiophene rings is 1. The monoisotopic (exact) mass is 344 g/mol. The van der Waals surface area contributed by atoms with E-state index in [9.17, 15) is 4.79 Å².